The fourth-order valence-electron chi connectivity index (χ4n) is 5.23. The minimum atomic E-state index is -3.57. The van der Waals surface area contributed by atoms with Crippen molar-refractivity contribution in [3.63, 3.8) is 0 Å². The van der Waals surface area contributed by atoms with Crippen LogP contribution in [-0.2, 0) is 21.3 Å². The lowest BCUT2D eigenvalue weighted by molar-refractivity contribution is 0.131. The lowest BCUT2D eigenvalue weighted by Gasteiger charge is -2.48. The highest BCUT2D eigenvalue weighted by atomic mass is 32.2. The minimum absolute atomic E-state index is 0.0662. The van der Waals surface area contributed by atoms with Gasteiger partial charge in [-0.2, -0.15) is 4.31 Å². The number of hydrogen-bond donors (Lipinski definition) is 0. The summed E-state index contributed by atoms with van der Waals surface area (Å²) in [7, 11) is -3.57. The second-order valence-corrected chi connectivity index (χ2v) is 11.4. The van der Waals surface area contributed by atoms with Crippen LogP contribution in [0.5, 0.6) is 0 Å². The smallest absolute Gasteiger partial charge is 0.221 e. The Bertz CT molecular complexity index is 1050. The zero-order valence-corrected chi connectivity index (χ0v) is 18.7. The highest BCUT2D eigenvalue weighted by molar-refractivity contribution is 7.89. The molecule has 7 heteroatoms. The number of ether oxygens (including phenoxy) is 1. The van der Waals surface area contributed by atoms with Gasteiger partial charge in [-0.3, -0.25) is 0 Å². The molecule has 3 heterocycles. The normalized spacial score (nSPS) is 27.4. The lowest BCUT2D eigenvalue weighted by atomic mass is 9.79. The molecule has 3 fully saturated rings. The van der Waals surface area contributed by atoms with Crippen LogP contribution in [0.2, 0.25) is 0 Å². The number of sulfonamides is 1. The van der Waals surface area contributed by atoms with Gasteiger partial charge in [-0.1, -0.05) is 36.4 Å². The molecule has 0 radical (unpaired) electrons. The number of halogens is 1. The molecule has 0 bridgehead atoms. The van der Waals surface area contributed by atoms with Crippen molar-refractivity contribution in [2.75, 3.05) is 31.2 Å². The maximum absolute atomic E-state index is 15.0. The molecular weight excluding hydrogens is 415 g/mol. The largest absolute Gasteiger partial charge is 0.381 e. The van der Waals surface area contributed by atoms with Crippen LogP contribution in [0, 0.1) is 11.2 Å². The number of rotatable bonds is 4. The van der Waals surface area contributed by atoms with Gasteiger partial charge in [0.2, 0.25) is 10.0 Å². The van der Waals surface area contributed by atoms with Gasteiger partial charge in [-0.15, -0.1) is 0 Å². The van der Waals surface area contributed by atoms with Gasteiger partial charge in [-0.25, -0.2) is 12.8 Å². The first-order chi connectivity index (χ1) is 14.9. The molecule has 1 spiro atoms. The summed E-state index contributed by atoms with van der Waals surface area (Å²) in [5, 5.41) is -0.571. The Morgan fingerprint density at radius 1 is 1.13 bits per heavy atom. The van der Waals surface area contributed by atoms with Crippen molar-refractivity contribution in [1.82, 2.24) is 4.31 Å². The van der Waals surface area contributed by atoms with Crippen LogP contribution in [0.1, 0.15) is 42.6 Å². The number of hydrogen-bond acceptors (Lipinski definition) is 4. The van der Waals surface area contributed by atoms with Crippen LogP contribution in [0.4, 0.5) is 10.1 Å². The standard InChI is InChI=1S/C24H29FN2O3S/c1-18-7-10-23(19-5-3-2-4-6-19)31(28,29)27(18)14-20-8-9-21(13-22(20)25)26-15-24(16-26)11-12-30-17-24/h2-6,8-9,13,18,23H,7,10-12,14-17H2,1H3/t18-,23?/m0/s1. The molecule has 31 heavy (non-hydrogen) atoms. The van der Waals surface area contributed by atoms with Crippen molar-refractivity contribution in [2.24, 2.45) is 5.41 Å². The van der Waals surface area contributed by atoms with E-state index in [4.69, 9.17) is 4.74 Å². The van der Waals surface area contributed by atoms with Crippen LogP contribution < -0.4 is 4.90 Å². The van der Waals surface area contributed by atoms with Crippen molar-refractivity contribution in [1.29, 1.82) is 0 Å². The average Bonchev–Trinajstić information content (AvgIpc) is 3.22. The van der Waals surface area contributed by atoms with Gasteiger partial charge >= 0.3 is 0 Å². The van der Waals surface area contributed by atoms with Gasteiger partial charge in [0.05, 0.1) is 6.61 Å². The Morgan fingerprint density at radius 3 is 2.58 bits per heavy atom. The monoisotopic (exact) mass is 444 g/mol. The molecule has 3 aliphatic rings. The Labute approximate surface area is 183 Å². The minimum Gasteiger partial charge on any atom is -0.381 e. The van der Waals surface area contributed by atoms with Crippen LogP contribution in [0.25, 0.3) is 0 Å². The van der Waals surface area contributed by atoms with Gasteiger partial charge in [0.15, 0.2) is 0 Å². The van der Waals surface area contributed by atoms with E-state index in [1.54, 1.807) is 12.1 Å². The molecule has 166 valence electrons. The fraction of sp³-hybridized carbons (Fsp3) is 0.500. The lowest BCUT2D eigenvalue weighted by Crippen LogP contribution is -2.57. The Morgan fingerprint density at radius 2 is 1.90 bits per heavy atom. The third-order valence-corrected chi connectivity index (χ3v) is 9.53. The predicted octanol–water partition coefficient (Wildman–Crippen LogP) is 4.11. The first-order valence-corrected chi connectivity index (χ1v) is 12.6. The average molecular weight is 445 g/mol. The van der Waals surface area contributed by atoms with Crippen molar-refractivity contribution in [3.8, 4) is 0 Å². The highest BCUT2D eigenvalue weighted by Gasteiger charge is 2.46. The maximum Gasteiger partial charge on any atom is 0.221 e. The van der Waals surface area contributed by atoms with E-state index >= 15 is 4.39 Å². The molecular formula is C24H29FN2O3S. The molecule has 2 aromatic carbocycles. The van der Waals surface area contributed by atoms with Gasteiger partial charge in [0.1, 0.15) is 11.1 Å². The molecule has 0 aliphatic carbocycles. The highest BCUT2D eigenvalue weighted by Crippen LogP contribution is 2.42. The van der Waals surface area contributed by atoms with Gasteiger partial charge < -0.3 is 9.64 Å². The molecule has 0 amide bonds. The third-order valence-electron chi connectivity index (χ3n) is 7.16. The van der Waals surface area contributed by atoms with Crippen molar-refractivity contribution in [2.45, 2.75) is 44.0 Å². The van der Waals surface area contributed by atoms with Crippen LogP contribution in [0.15, 0.2) is 48.5 Å². The second kappa shape index (κ2) is 7.87. The van der Waals surface area contributed by atoms with Crippen molar-refractivity contribution < 1.29 is 17.5 Å². The van der Waals surface area contributed by atoms with Crippen LogP contribution in [0.3, 0.4) is 0 Å². The topological polar surface area (TPSA) is 49.9 Å². The summed E-state index contributed by atoms with van der Waals surface area (Å²) in [6.07, 6.45) is 2.42. The van der Waals surface area contributed by atoms with E-state index in [-0.39, 0.29) is 23.8 Å². The summed E-state index contributed by atoms with van der Waals surface area (Å²) >= 11 is 0. The molecule has 1 unspecified atom stereocenters. The molecule has 5 rings (SSSR count). The van der Waals surface area contributed by atoms with Crippen LogP contribution in [-0.4, -0.2) is 45.1 Å². The Kier molecular flexibility index (Phi) is 5.31. The number of nitrogens with zero attached hydrogens (tertiary/aromatic N) is 2. The molecule has 2 atom stereocenters. The van der Waals surface area contributed by atoms with E-state index in [1.165, 1.54) is 4.31 Å². The number of benzene rings is 2. The molecule has 3 aliphatic heterocycles. The summed E-state index contributed by atoms with van der Waals surface area (Å²) in [5.41, 5.74) is 2.32. The summed E-state index contributed by atoms with van der Waals surface area (Å²) in [6, 6.07) is 14.4. The fourth-order valence-corrected chi connectivity index (χ4v) is 7.41. The van der Waals surface area contributed by atoms with Crippen LogP contribution >= 0.6 is 0 Å². The SMILES string of the molecule is C[C@H]1CCC(c2ccccc2)S(=O)(=O)N1Cc1ccc(N2CC3(CCOC3)C2)cc1F. The maximum atomic E-state index is 15.0. The summed E-state index contributed by atoms with van der Waals surface area (Å²) in [4.78, 5) is 2.17. The van der Waals surface area contributed by atoms with Gasteiger partial charge in [0, 0.05) is 48.9 Å². The zero-order chi connectivity index (χ0) is 21.6. The third kappa shape index (κ3) is 3.77. The molecule has 5 nitrogen and oxygen atoms in total. The quantitative estimate of drug-likeness (QED) is 0.712. The molecule has 0 aromatic heterocycles. The van der Waals surface area contributed by atoms with E-state index in [2.05, 4.69) is 4.90 Å². The molecule has 3 saturated heterocycles. The second-order valence-electron chi connectivity index (χ2n) is 9.35. The van der Waals surface area contributed by atoms with Gasteiger partial charge in [0.25, 0.3) is 0 Å². The molecule has 0 N–H and O–H groups in total. The predicted molar refractivity (Wildman–Crippen MR) is 119 cm³/mol. The van der Waals surface area contributed by atoms with E-state index < -0.39 is 15.3 Å². The summed E-state index contributed by atoms with van der Waals surface area (Å²) in [6.45, 7) is 5.36. The zero-order valence-electron chi connectivity index (χ0n) is 17.8. The summed E-state index contributed by atoms with van der Waals surface area (Å²) in [5.74, 6) is -0.342. The van der Waals surface area contributed by atoms with E-state index in [0.717, 1.165) is 50.4 Å². The Balaban J connectivity index is 1.33. The molecule has 0 saturated carbocycles. The summed E-state index contributed by atoms with van der Waals surface area (Å²) < 4.78 is 48.8. The number of anilines is 1. The van der Waals surface area contributed by atoms with Crippen molar-refractivity contribution >= 4 is 15.7 Å². The first kappa shape index (κ1) is 20.9. The van der Waals surface area contributed by atoms with Crippen molar-refractivity contribution in [3.05, 3.63) is 65.5 Å². The molecule has 2 aromatic rings. The van der Waals surface area contributed by atoms with E-state index in [1.807, 2.05) is 43.3 Å². The first-order valence-electron chi connectivity index (χ1n) is 11.0. The Hall–Kier alpha value is -1.96. The van der Waals surface area contributed by atoms with Gasteiger partial charge in [-0.05, 0) is 43.9 Å². The van der Waals surface area contributed by atoms with E-state index in [9.17, 15) is 8.42 Å². The van der Waals surface area contributed by atoms with E-state index in [0.29, 0.717) is 12.0 Å².